The molecule has 0 atom stereocenters. The van der Waals surface area contributed by atoms with Crippen LogP contribution in [0, 0.1) is 11.6 Å². The van der Waals surface area contributed by atoms with E-state index in [0.29, 0.717) is 4.47 Å². The molecular formula is C7H5Br2F2N. The van der Waals surface area contributed by atoms with Gasteiger partial charge in [0.15, 0.2) is 11.6 Å². The zero-order valence-corrected chi connectivity index (χ0v) is 9.05. The number of hydrogen-bond acceptors (Lipinski definition) is 1. The summed E-state index contributed by atoms with van der Waals surface area (Å²) in [5.41, 5.74) is 5.37. The van der Waals surface area contributed by atoms with Crippen LogP contribution < -0.4 is 5.73 Å². The van der Waals surface area contributed by atoms with Gasteiger partial charge in [-0.25, -0.2) is 8.78 Å². The monoisotopic (exact) mass is 299 g/mol. The van der Waals surface area contributed by atoms with Crippen LogP contribution in [0.15, 0.2) is 15.0 Å². The largest absolute Gasteiger partial charge is 0.326 e. The van der Waals surface area contributed by atoms with Gasteiger partial charge in [-0.15, -0.1) is 0 Å². The number of halogens is 4. The minimum Gasteiger partial charge on any atom is -0.326 e. The number of benzene rings is 1. The highest BCUT2D eigenvalue weighted by molar-refractivity contribution is 9.11. The second-order valence-corrected chi connectivity index (χ2v) is 3.86. The smallest absolute Gasteiger partial charge is 0.173 e. The molecule has 0 aliphatic rings. The second-order valence-electron chi connectivity index (χ2n) is 2.15. The SMILES string of the molecule is NCc1c(Br)cc(Br)c(F)c1F. The second kappa shape index (κ2) is 3.81. The molecule has 0 aromatic heterocycles. The molecule has 1 aromatic rings. The average molecular weight is 301 g/mol. The molecule has 5 heteroatoms. The molecule has 0 radical (unpaired) electrons. The molecule has 0 saturated heterocycles. The summed E-state index contributed by atoms with van der Waals surface area (Å²) >= 11 is 5.95. The average Bonchev–Trinajstić information content (AvgIpc) is 2.01. The zero-order valence-electron chi connectivity index (χ0n) is 5.87. The van der Waals surface area contributed by atoms with Crippen molar-refractivity contribution >= 4 is 31.9 Å². The van der Waals surface area contributed by atoms with Gasteiger partial charge in [0.1, 0.15) is 0 Å². The molecule has 0 aliphatic heterocycles. The summed E-state index contributed by atoms with van der Waals surface area (Å²) in [7, 11) is 0. The van der Waals surface area contributed by atoms with E-state index in [1.165, 1.54) is 6.07 Å². The topological polar surface area (TPSA) is 26.0 Å². The predicted octanol–water partition coefficient (Wildman–Crippen LogP) is 2.95. The minimum atomic E-state index is -0.904. The Bertz CT molecular complexity index is 315. The highest BCUT2D eigenvalue weighted by Gasteiger charge is 2.14. The van der Waals surface area contributed by atoms with Crippen molar-refractivity contribution in [3.63, 3.8) is 0 Å². The van der Waals surface area contributed by atoms with Crippen LogP contribution in [-0.4, -0.2) is 0 Å². The van der Waals surface area contributed by atoms with Crippen molar-refractivity contribution in [2.75, 3.05) is 0 Å². The molecule has 0 aliphatic carbocycles. The van der Waals surface area contributed by atoms with E-state index in [-0.39, 0.29) is 16.6 Å². The van der Waals surface area contributed by atoms with Gasteiger partial charge >= 0.3 is 0 Å². The maximum Gasteiger partial charge on any atom is 0.173 e. The molecular weight excluding hydrogens is 296 g/mol. The lowest BCUT2D eigenvalue weighted by Gasteiger charge is -2.05. The Kier molecular flexibility index (Phi) is 3.20. The fourth-order valence-electron chi connectivity index (χ4n) is 0.791. The standard InChI is InChI=1S/C7H5Br2F2N/c8-4-1-5(9)7(11)6(10)3(4)2-12/h1H,2,12H2. The van der Waals surface area contributed by atoms with E-state index in [9.17, 15) is 8.78 Å². The van der Waals surface area contributed by atoms with Gasteiger partial charge in [-0.2, -0.15) is 0 Å². The molecule has 1 nitrogen and oxygen atoms in total. The minimum absolute atomic E-state index is 0.0311. The van der Waals surface area contributed by atoms with Crippen molar-refractivity contribution in [1.82, 2.24) is 0 Å². The van der Waals surface area contributed by atoms with Crippen LogP contribution in [0.1, 0.15) is 5.56 Å². The van der Waals surface area contributed by atoms with Crippen LogP contribution in [0.4, 0.5) is 8.78 Å². The summed E-state index contributed by atoms with van der Waals surface area (Å²) in [6.45, 7) is -0.0311. The molecule has 0 amide bonds. The van der Waals surface area contributed by atoms with Crippen molar-refractivity contribution in [3.05, 3.63) is 32.2 Å². The molecule has 66 valence electrons. The molecule has 0 bridgehead atoms. The van der Waals surface area contributed by atoms with E-state index in [1.54, 1.807) is 0 Å². The Morgan fingerprint density at radius 2 is 1.75 bits per heavy atom. The third-order valence-electron chi connectivity index (χ3n) is 1.41. The highest BCUT2D eigenvalue weighted by Crippen LogP contribution is 2.28. The first-order valence-corrected chi connectivity index (χ1v) is 4.68. The van der Waals surface area contributed by atoms with Gasteiger partial charge in [-0.05, 0) is 22.0 Å². The van der Waals surface area contributed by atoms with Crippen molar-refractivity contribution in [3.8, 4) is 0 Å². The van der Waals surface area contributed by atoms with Crippen LogP contribution in [0.25, 0.3) is 0 Å². The molecule has 1 aromatic carbocycles. The van der Waals surface area contributed by atoms with Crippen LogP contribution in [-0.2, 0) is 6.54 Å². The van der Waals surface area contributed by atoms with Crippen molar-refractivity contribution in [1.29, 1.82) is 0 Å². The first-order valence-electron chi connectivity index (χ1n) is 3.10. The summed E-state index contributed by atoms with van der Waals surface area (Å²) < 4.78 is 26.4. The van der Waals surface area contributed by atoms with Gasteiger partial charge in [0.25, 0.3) is 0 Å². The lowest BCUT2D eigenvalue weighted by Crippen LogP contribution is -2.03. The van der Waals surface area contributed by atoms with Crippen LogP contribution >= 0.6 is 31.9 Å². The molecule has 1 rings (SSSR count). The summed E-state index contributed by atoms with van der Waals surface area (Å²) in [6.07, 6.45) is 0. The van der Waals surface area contributed by atoms with Gasteiger partial charge in [0.2, 0.25) is 0 Å². The van der Waals surface area contributed by atoms with E-state index < -0.39 is 11.6 Å². The number of rotatable bonds is 1. The van der Waals surface area contributed by atoms with E-state index >= 15 is 0 Å². The van der Waals surface area contributed by atoms with Crippen LogP contribution in [0.3, 0.4) is 0 Å². The summed E-state index contributed by atoms with van der Waals surface area (Å²) in [5.74, 6) is -1.81. The summed E-state index contributed by atoms with van der Waals surface area (Å²) in [4.78, 5) is 0. The lowest BCUT2D eigenvalue weighted by atomic mass is 10.2. The van der Waals surface area contributed by atoms with Crippen LogP contribution in [0.5, 0.6) is 0 Å². The van der Waals surface area contributed by atoms with Gasteiger partial charge in [-0.1, -0.05) is 15.9 Å². The first kappa shape index (κ1) is 10.1. The zero-order chi connectivity index (χ0) is 9.30. The lowest BCUT2D eigenvalue weighted by molar-refractivity contribution is 0.494. The Labute approximate surface area is 85.2 Å². The predicted molar refractivity (Wildman–Crippen MR) is 49.6 cm³/mol. The Balaban J connectivity index is 3.40. The van der Waals surface area contributed by atoms with E-state index in [2.05, 4.69) is 31.9 Å². The molecule has 0 spiro atoms. The fraction of sp³-hybridized carbons (Fsp3) is 0.143. The summed E-state index contributed by atoms with van der Waals surface area (Å²) in [5, 5.41) is 0. The molecule has 2 N–H and O–H groups in total. The van der Waals surface area contributed by atoms with Crippen LogP contribution in [0.2, 0.25) is 0 Å². The number of hydrogen-bond donors (Lipinski definition) is 1. The maximum atomic E-state index is 13.0. The van der Waals surface area contributed by atoms with Gasteiger partial charge in [-0.3, -0.25) is 0 Å². The normalized spacial score (nSPS) is 10.4. The molecule has 0 fully saturated rings. The third kappa shape index (κ3) is 1.67. The Morgan fingerprint density at radius 1 is 1.17 bits per heavy atom. The van der Waals surface area contributed by atoms with E-state index in [0.717, 1.165) is 0 Å². The molecule has 0 saturated carbocycles. The molecule has 12 heavy (non-hydrogen) atoms. The Hall–Kier alpha value is -0.000000000000000111. The van der Waals surface area contributed by atoms with Crippen molar-refractivity contribution < 1.29 is 8.78 Å². The van der Waals surface area contributed by atoms with E-state index in [1.807, 2.05) is 0 Å². The Morgan fingerprint density at radius 3 is 2.25 bits per heavy atom. The highest BCUT2D eigenvalue weighted by atomic mass is 79.9. The third-order valence-corrected chi connectivity index (χ3v) is 2.70. The number of nitrogens with two attached hydrogens (primary N) is 1. The summed E-state index contributed by atoms with van der Waals surface area (Å²) in [6, 6.07) is 1.43. The van der Waals surface area contributed by atoms with Gasteiger partial charge in [0, 0.05) is 16.6 Å². The van der Waals surface area contributed by atoms with Gasteiger partial charge in [0.05, 0.1) is 4.47 Å². The maximum absolute atomic E-state index is 13.0. The van der Waals surface area contributed by atoms with E-state index in [4.69, 9.17) is 5.73 Å². The molecule has 0 unspecified atom stereocenters. The fourth-order valence-corrected chi connectivity index (χ4v) is 2.07. The van der Waals surface area contributed by atoms with Crippen molar-refractivity contribution in [2.45, 2.75) is 6.54 Å². The molecule has 0 heterocycles. The quantitative estimate of drug-likeness (QED) is 0.626. The first-order chi connectivity index (χ1) is 5.57. The van der Waals surface area contributed by atoms with Crippen molar-refractivity contribution in [2.24, 2.45) is 5.73 Å². The van der Waals surface area contributed by atoms with Gasteiger partial charge < -0.3 is 5.73 Å².